The van der Waals surface area contributed by atoms with Gasteiger partial charge in [-0.05, 0) is 16.9 Å². The van der Waals surface area contributed by atoms with Gasteiger partial charge in [0.2, 0.25) is 0 Å². The van der Waals surface area contributed by atoms with E-state index in [0.717, 1.165) is 16.9 Å². The lowest BCUT2D eigenvalue weighted by atomic mass is 10.1. The fourth-order valence-electron chi connectivity index (χ4n) is 0.967. The Balaban J connectivity index is 3.40. The van der Waals surface area contributed by atoms with Crippen LogP contribution < -0.4 is 0 Å². The van der Waals surface area contributed by atoms with Crippen LogP contribution in [0.4, 0.5) is 0 Å². The van der Waals surface area contributed by atoms with Crippen molar-refractivity contribution in [2.75, 3.05) is 0 Å². The molecule has 0 aliphatic rings. The molecule has 1 atom stereocenters. The van der Waals surface area contributed by atoms with Gasteiger partial charge < -0.3 is 4.43 Å². The molecule has 0 aliphatic carbocycles. The summed E-state index contributed by atoms with van der Waals surface area (Å²) in [7, 11) is 0.869. The zero-order valence-electron chi connectivity index (χ0n) is 7.35. The first-order chi connectivity index (χ1) is 5.35. The maximum Gasteiger partial charge on any atom is 0.146 e. The van der Waals surface area contributed by atoms with Crippen molar-refractivity contribution in [2.24, 2.45) is 0 Å². The molecule has 0 aliphatic heterocycles. The third-order valence-corrected chi connectivity index (χ3v) is 2.88. The molecule has 0 spiro atoms. The average Bonchev–Trinajstić information content (AvgIpc) is 2.05. The lowest BCUT2D eigenvalue weighted by Crippen LogP contribution is -2.09. The van der Waals surface area contributed by atoms with Crippen LogP contribution in [0.15, 0.2) is 10.2 Å². The minimum atomic E-state index is 0.493. The summed E-state index contributed by atoms with van der Waals surface area (Å²) in [6.07, 6.45) is 7.55. The smallest absolute Gasteiger partial charge is 0.146 e. The van der Waals surface area contributed by atoms with E-state index in [-0.39, 0.29) is 0 Å². The summed E-state index contributed by atoms with van der Waals surface area (Å²) in [5.41, 5.74) is 0. The molecule has 1 unspecified atom stereocenters. The Morgan fingerprint density at radius 3 is 2.82 bits per heavy atom. The highest BCUT2D eigenvalue weighted by Gasteiger charge is 2.01. The Kier molecular flexibility index (Phi) is 9.25. The van der Waals surface area contributed by atoms with Crippen molar-refractivity contribution in [3.05, 3.63) is 10.2 Å². The molecule has 66 valence electrons. The van der Waals surface area contributed by atoms with E-state index in [1.807, 2.05) is 0 Å². The second-order valence-corrected chi connectivity index (χ2v) is 3.79. The van der Waals surface area contributed by atoms with Gasteiger partial charge in [0.15, 0.2) is 0 Å². The van der Waals surface area contributed by atoms with E-state index in [2.05, 4.69) is 39.7 Å². The SMILES string of the molecule is CCCCC(C/C=C/I)O[SiH3]. The summed E-state index contributed by atoms with van der Waals surface area (Å²) in [6, 6.07) is 0. The molecule has 0 rings (SSSR count). The maximum atomic E-state index is 5.44. The Labute approximate surface area is 86.3 Å². The van der Waals surface area contributed by atoms with Crippen molar-refractivity contribution in [3.8, 4) is 0 Å². The van der Waals surface area contributed by atoms with Gasteiger partial charge >= 0.3 is 0 Å². The van der Waals surface area contributed by atoms with Crippen molar-refractivity contribution in [2.45, 2.75) is 38.7 Å². The fraction of sp³-hybridized carbons (Fsp3) is 0.750. The summed E-state index contributed by atoms with van der Waals surface area (Å²) in [5.74, 6) is 0. The van der Waals surface area contributed by atoms with Crippen LogP contribution >= 0.6 is 22.6 Å². The van der Waals surface area contributed by atoms with Gasteiger partial charge in [0.1, 0.15) is 10.5 Å². The number of halogens is 1. The molecule has 0 N–H and O–H groups in total. The van der Waals surface area contributed by atoms with Crippen molar-refractivity contribution < 1.29 is 4.43 Å². The average molecular weight is 284 g/mol. The fourth-order valence-corrected chi connectivity index (χ4v) is 1.69. The van der Waals surface area contributed by atoms with Crippen LogP contribution in [0.3, 0.4) is 0 Å². The highest BCUT2D eigenvalue weighted by Crippen LogP contribution is 2.08. The van der Waals surface area contributed by atoms with Crippen LogP contribution in [-0.4, -0.2) is 16.6 Å². The highest BCUT2D eigenvalue weighted by atomic mass is 127. The van der Waals surface area contributed by atoms with E-state index in [9.17, 15) is 0 Å². The standard InChI is InChI=1S/C8H17IOSi/c1-2-3-5-8(10-11)6-4-7-9/h4,7-8H,2-3,5-6H2,1,11H3/b7-4+. The monoisotopic (exact) mass is 284 g/mol. The summed E-state index contributed by atoms with van der Waals surface area (Å²) in [6.45, 7) is 2.22. The number of hydrogen-bond donors (Lipinski definition) is 0. The van der Waals surface area contributed by atoms with E-state index in [0.29, 0.717) is 6.10 Å². The second kappa shape index (κ2) is 8.74. The van der Waals surface area contributed by atoms with E-state index >= 15 is 0 Å². The largest absolute Gasteiger partial charge is 0.425 e. The molecule has 0 aromatic heterocycles. The lowest BCUT2D eigenvalue weighted by Gasteiger charge is -2.12. The molecule has 0 saturated heterocycles. The summed E-state index contributed by atoms with van der Waals surface area (Å²) in [4.78, 5) is 0. The molecular formula is C8H17IOSi. The van der Waals surface area contributed by atoms with Crippen molar-refractivity contribution in [3.63, 3.8) is 0 Å². The topological polar surface area (TPSA) is 9.23 Å². The zero-order valence-corrected chi connectivity index (χ0v) is 11.5. The highest BCUT2D eigenvalue weighted by molar-refractivity contribution is 14.1. The molecule has 11 heavy (non-hydrogen) atoms. The van der Waals surface area contributed by atoms with Crippen LogP contribution in [0.2, 0.25) is 0 Å². The van der Waals surface area contributed by atoms with Gasteiger partial charge in [0.05, 0.1) is 0 Å². The molecule has 0 bridgehead atoms. The van der Waals surface area contributed by atoms with Crippen molar-refractivity contribution in [1.29, 1.82) is 0 Å². The normalized spacial score (nSPS) is 14.4. The maximum absolute atomic E-state index is 5.44. The Morgan fingerprint density at radius 2 is 2.36 bits per heavy atom. The van der Waals surface area contributed by atoms with Crippen molar-refractivity contribution in [1.82, 2.24) is 0 Å². The van der Waals surface area contributed by atoms with Gasteiger partial charge in [0.25, 0.3) is 0 Å². The van der Waals surface area contributed by atoms with E-state index in [1.165, 1.54) is 19.3 Å². The molecule has 3 heteroatoms. The van der Waals surface area contributed by atoms with Gasteiger partial charge in [-0.1, -0.05) is 48.4 Å². The van der Waals surface area contributed by atoms with Crippen molar-refractivity contribution >= 4 is 33.1 Å². The third-order valence-electron chi connectivity index (χ3n) is 1.70. The van der Waals surface area contributed by atoms with Gasteiger partial charge in [-0.2, -0.15) is 0 Å². The lowest BCUT2D eigenvalue weighted by molar-refractivity contribution is 0.210. The molecule has 0 saturated carbocycles. The molecule has 0 heterocycles. The van der Waals surface area contributed by atoms with Crippen LogP contribution in [-0.2, 0) is 4.43 Å². The minimum absolute atomic E-state index is 0.493. The van der Waals surface area contributed by atoms with Crippen LogP contribution in [0.1, 0.15) is 32.6 Å². The predicted octanol–water partition coefficient (Wildman–Crippen LogP) is 2.18. The van der Waals surface area contributed by atoms with Gasteiger partial charge in [0, 0.05) is 6.10 Å². The zero-order chi connectivity index (χ0) is 8.53. The Bertz CT molecular complexity index is 106. The van der Waals surface area contributed by atoms with E-state index < -0.39 is 0 Å². The Hall–Kier alpha value is 0.647. The molecule has 0 fully saturated rings. The van der Waals surface area contributed by atoms with E-state index in [1.54, 1.807) is 0 Å². The van der Waals surface area contributed by atoms with Crippen LogP contribution in [0, 0.1) is 0 Å². The summed E-state index contributed by atoms with van der Waals surface area (Å²) < 4.78 is 7.51. The van der Waals surface area contributed by atoms with Gasteiger partial charge in [-0.15, -0.1) is 0 Å². The molecule has 1 nitrogen and oxygen atoms in total. The second-order valence-electron chi connectivity index (χ2n) is 2.60. The van der Waals surface area contributed by atoms with Gasteiger partial charge in [-0.3, -0.25) is 0 Å². The van der Waals surface area contributed by atoms with E-state index in [4.69, 9.17) is 4.43 Å². The first-order valence-electron chi connectivity index (χ1n) is 4.13. The molecule has 0 amide bonds. The summed E-state index contributed by atoms with van der Waals surface area (Å²) in [5, 5.41) is 0. The Morgan fingerprint density at radius 1 is 1.64 bits per heavy atom. The molecule has 0 radical (unpaired) electrons. The van der Waals surface area contributed by atoms with Crippen LogP contribution in [0.5, 0.6) is 0 Å². The minimum Gasteiger partial charge on any atom is -0.425 e. The van der Waals surface area contributed by atoms with Crippen LogP contribution in [0.25, 0.3) is 0 Å². The molecule has 0 aromatic rings. The number of unbranched alkanes of at least 4 members (excludes halogenated alkanes) is 1. The molecular weight excluding hydrogens is 267 g/mol. The third kappa shape index (κ3) is 7.02. The first-order valence-corrected chi connectivity index (χ1v) is 6.19. The number of rotatable bonds is 6. The quantitative estimate of drug-likeness (QED) is 0.536. The molecule has 0 aromatic carbocycles. The van der Waals surface area contributed by atoms with Gasteiger partial charge in [-0.25, -0.2) is 0 Å². The summed E-state index contributed by atoms with van der Waals surface area (Å²) >= 11 is 2.25. The number of hydrogen-bond acceptors (Lipinski definition) is 1. The predicted molar refractivity (Wildman–Crippen MR) is 62.1 cm³/mol. The first kappa shape index (κ1) is 11.6.